The van der Waals surface area contributed by atoms with E-state index in [9.17, 15) is 4.79 Å². The van der Waals surface area contributed by atoms with E-state index in [1.807, 2.05) is 0 Å². The summed E-state index contributed by atoms with van der Waals surface area (Å²) in [6.45, 7) is 10.7. The molecule has 0 heterocycles. The van der Waals surface area contributed by atoms with Crippen molar-refractivity contribution in [3.63, 3.8) is 0 Å². The SMILES string of the molecule is CCC(C)(CCC=O)COCC(C)(C)COCCO. The number of aliphatic hydroxyl groups is 1. The van der Waals surface area contributed by atoms with E-state index in [2.05, 4.69) is 27.7 Å². The summed E-state index contributed by atoms with van der Waals surface area (Å²) in [6, 6.07) is 0. The van der Waals surface area contributed by atoms with Gasteiger partial charge in [-0.15, -0.1) is 0 Å². The third-order valence-electron chi connectivity index (χ3n) is 3.39. The van der Waals surface area contributed by atoms with Crippen LogP contribution >= 0.6 is 0 Å². The molecule has 0 spiro atoms. The Bertz CT molecular complexity index is 240. The first kappa shape index (κ1) is 18.6. The van der Waals surface area contributed by atoms with Crippen molar-refractivity contribution in [2.45, 2.75) is 47.0 Å². The maximum absolute atomic E-state index is 10.5. The molecular formula is C15H30O4. The number of aliphatic hydroxyl groups excluding tert-OH is 1. The van der Waals surface area contributed by atoms with Gasteiger partial charge in [0.15, 0.2) is 0 Å². The van der Waals surface area contributed by atoms with Crippen LogP contribution in [0.3, 0.4) is 0 Å². The maximum atomic E-state index is 10.5. The summed E-state index contributed by atoms with van der Waals surface area (Å²) in [5.41, 5.74) is 0.0113. The molecule has 114 valence electrons. The van der Waals surface area contributed by atoms with Crippen molar-refractivity contribution in [3.05, 3.63) is 0 Å². The quantitative estimate of drug-likeness (QED) is 0.439. The summed E-state index contributed by atoms with van der Waals surface area (Å²) < 4.78 is 11.2. The summed E-state index contributed by atoms with van der Waals surface area (Å²) in [4.78, 5) is 10.5. The van der Waals surface area contributed by atoms with Crippen molar-refractivity contribution in [2.24, 2.45) is 10.8 Å². The van der Waals surface area contributed by atoms with Crippen LogP contribution in [0.25, 0.3) is 0 Å². The first-order chi connectivity index (χ1) is 8.89. The van der Waals surface area contributed by atoms with Gasteiger partial charge in [0.2, 0.25) is 0 Å². The zero-order valence-corrected chi connectivity index (χ0v) is 12.9. The Balaban J connectivity index is 3.99. The summed E-state index contributed by atoms with van der Waals surface area (Å²) in [5.74, 6) is 0. The topological polar surface area (TPSA) is 55.8 Å². The van der Waals surface area contributed by atoms with E-state index in [0.717, 1.165) is 19.1 Å². The highest BCUT2D eigenvalue weighted by Crippen LogP contribution is 2.28. The van der Waals surface area contributed by atoms with Crippen molar-refractivity contribution in [1.29, 1.82) is 0 Å². The Hall–Kier alpha value is -0.450. The molecule has 0 bridgehead atoms. The average Bonchev–Trinajstić information content (AvgIpc) is 2.36. The fourth-order valence-electron chi connectivity index (χ4n) is 1.79. The molecule has 1 N–H and O–H groups in total. The normalized spacial score (nSPS) is 15.2. The number of ether oxygens (including phenoxy) is 2. The Morgan fingerprint density at radius 3 is 2.26 bits per heavy atom. The lowest BCUT2D eigenvalue weighted by atomic mass is 9.84. The van der Waals surface area contributed by atoms with E-state index in [1.54, 1.807) is 0 Å². The van der Waals surface area contributed by atoms with Gasteiger partial charge < -0.3 is 19.4 Å². The fourth-order valence-corrected chi connectivity index (χ4v) is 1.79. The summed E-state index contributed by atoms with van der Waals surface area (Å²) >= 11 is 0. The molecule has 1 atom stereocenters. The number of carbonyl (C=O) groups is 1. The Kier molecular flexibility index (Phi) is 9.23. The second kappa shape index (κ2) is 9.45. The second-order valence-electron chi connectivity index (χ2n) is 6.30. The molecule has 0 aromatic carbocycles. The molecule has 0 saturated heterocycles. The second-order valence-corrected chi connectivity index (χ2v) is 6.30. The third-order valence-corrected chi connectivity index (χ3v) is 3.39. The molecule has 1 unspecified atom stereocenters. The molecule has 0 rings (SSSR count). The van der Waals surface area contributed by atoms with Crippen LogP contribution in [0.5, 0.6) is 0 Å². The molecule has 0 fully saturated rings. The molecule has 4 nitrogen and oxygen atoms in total. The standard InChI is InChI=1S/C15H30O4/c1-5-15(4,7-6-8-16)13-19-12-14(2,3)11-18-10-9-17/h8,17H,5-7,9-13H2,1-4H3. The molecule has 0 aliphatic carbocycles. The number of hydrogen-bond acceptors (Lipinski definition) is 4. The zero-order chi connectivity index (χ0) is 14.8. The molecule has 0 aromatic rings. The molecule has 0 amide bonds. The van der Waals surface area contributed by atoms with E-state index >= 15 is 0 Å². The van der Waals surface area contributed by atoms with Crippen LogP contribution in [0, 0.1) is 10.8 Å². The third kappa shape index (κ3) is 9.14. The molecule has 0 aliphatic heterocycles. The highest BCUT2D eigenvalue weighted by molar-refractivity contribution is 5.49. The lowest BCUT2D eigenvalue weighted by molar-refractivity contribution is -0.108. The van der Waals surface area contributed by atoms with Crippen molar-refractivity contribution in [3.8, 4) is 0 Å². The molecular weight excluding hydrogens is 244 g/mol. The maximum Gasteiger partial charge on any atom is 0.120 e. The monoisotopic (exact) mass is 274 g/mol. The minimum Gasteiger partial charge on any atom is -0.394 e. The first-order valence-electron chi connectivity index (χ1n) is 7.09. The number of rotatable bonds is 12. The molecule has 19 heavy (non-hydrogen) atoms. The van der Waals surface area contributed by atoms with E-state index in [0.29, 0.717) is 32.8 Å². The van der Waals surface area contributed by atoms with E-state index in [4.69, 9.17) is 14.6 Å². The average molecular weight is 274 g/mol. The molecule has 0 aliphatic rings. The first-order valence-corrected chi connectivity index (χ1v) is 7.09. The van der Waals surface area contributed by atoms with Crippen LogP contribution in [0.2, 0.25) is 0 Å². The molecule has 0 aromatic heterocycles. The Labute approximate surface area is 117 Å². The lowest BCUT2D eigenvalue weighted by Gasteiger charge is -2.30. The summed E-state index contributed by atoms with van der Waals surface area (Å²) in [7, 11) is 0. The highest BCUT2D eigenvalue weighted by Gasteiger charge is 2.24. The predicted octanol–water partition coefficient (Wildman–Crippen LogP) is 2.43. The predicted molar refractivity (Wildman–Crippen MR) is 76.2 cm³/mol. The van der Waals surface area contributed by atoms with Gasteiger partial charge in [0, 0.05) is 11.8 Å². The van der Waals surface area contributed by atoms with Gasteiger partial charge >= 0.3 is 0 Å². The lowest BCUT2D eigenvalue weighted by Crippen LogP contribution is -2.30. The smallest absolute Gasteiger partial charge is 0.120 e. The zero-order valence-electron chi connectivity index (χ0n) is 12.9. The minimum absolute atomic E-state index is 0.0521. The van der Waals surface area contributed by atoms with Gasteiger partial charge in [-0.25, -0.2) is 0 Å². The number of hydrogen-bond donors (Lipinski definition) is 1. The molecule has 0 radical (unpaired) electrons. The van der Waals surface area contributed by atoms with Crippen LogP contribution in [0.15, 0.2) is 0 Å². The van der Waals surface area contributed by atoms with E-state index < -0.39 is 0 Å². The van der Waals surface area contributed by atoms with Crippen molar-refractivity contribution < 1.29 is 19.4 Å². The van der Waals surface area contributed by atoms with Gasteiger partial charge in [0.25, 0.3) is 0 Å². The van der Waals surface area contributed by atoms with Crippen LogP contribution < -0.4 is 0 Å². The van der Waals surface area contributed by atoms with Crippen molar-refractivity contribution in [1.82, 2.24) is 0 Å². The van der Waals surface area contributed by atoms with Crippen LogP contribution in [0.1, 0.15) is 47.0 Å². The van der Waals surface area contributed by atoms with Gasteiger partial charge in [-0.1, -0.05) is 27.7 Å². The summed E-state index contributed by atoms with van der Waals surface area (Å²) in [5, 5.41) is 8.68. The number of aldehydes is 1. The Morgan fingerprint density at radius 2 is 1.74 bits per heavy atom. The van der Waals surface area contributed by atoms with Crippen LogP contribution in [-0.2, 0) is 14.3 Å². The van der Waals surface area contributed by atoms with Gasteiger partial charge in [-0.05, 0) is 18.3 Å². The van der Waals surface area contributed by atoms with E-state index in [-0.39, 0.29) is 17.4 Å². The molecule has 0 saturated carbocycles. The highest BCUT2D eigenvalue weighted by atomic mass is 16.5. The number of carbonyl (C=O) groups excluding carboxylic acids is 1. The molecule has 4 heteroatoms. The van der Waals surface area contributed by atoms with Crippen molar-refractivity contribution >= 4 is 6.29 Å². The van der Waals surface area contributed by atoms with E-state index in [1.165, 1.54) is 0 Å². The largest absolute Gasteiger partial charge is 0.394 e. The van der Waals surface area contributed by atoms with Crippen LogP contribution in [0.4, 0.5) is 0 Å². The van der Waals surface area contributed by atoms with Gasteiger partial charge in [0.05, 0.1) is 33.0 Å². The fraction of sp³-hybridized carbons (Fsp3) is 0.933. The Morgan fingerprint density at radius 1 is 1.11 bits per heavy atom. The van der Waals surface area contributed by atoms with Gasteiger partial charge in [-0.3, -0.25) is 0 Å². The van der Waals surface area contributed by atoms with Crippen molar-refractivity contribution in [2.75, 3.05) is 33.0 Å². The van der Waals surface area contributed by atoms with Crippen LogP contribution in [-0.4, -0.2) is 44.4 Å². The van der Waals surface area contributed by atoms with Gasteiger partial charge in [-0.2, -0.15) is 0 Å². The van der Waals surface area contributed by atoms with Gasteiger partial charge in [0.1, 0.15) is 6.29 Å². The minimum atomic E-state index is -0.0610. The summed E-state index contributed by atoms with van der Waals surface area (Å²) in [6.07, 6.45) is 3.44.